The van der Waals surface area contributed by atoms with Crippen molar-refractivity contribution in [3.63, 3.8) is 0 Å². The molecule has 1 aliphatic rings. The third kappa shape index (κ3) is 1.84. The molecular formula is C14H12FNO2. The summed E-state index contributed by atoms with van der Waals surface area (Å²) >= 11 is 0. The van der Waals surface area contributed by atoms with Gasteiger partial charge in [-0.15, -0.1) is 0 Å². The van der Waals surface area contributed by atoms with Crippen molar-refractivity contribution in [1.82, 2.24) is 4.98 Å². The number of aliphatic hydroxyl groups excluding tert-OH is 1. The van der Waals surface area contributed by atoms with E-state index in [1.165, 1.54) is 12.3 Å². The number of rotatable bonds is 2. The predicted molar refractivity (Wildman–Crippen MR) is 63.9 cm³/mol. The van der Waals surface area contributed by atoms with Gasteiger partial charge in [0.15, 0.2) is 0 Å². The quantitative estimate of drug-likeness (QED) is 0.882. The number of aliphatic hydroxyl groups is 1. The molecule has 0 spiro atoms. The molecule has 0 radical (unpaired) electrons. The maximum Gasteiger partial charge on any atom is 0.141 e. The fourth-order valence-electron chi connectivity index (χ4n) is 2.21. The molecule has 1 aliphatic heterocycles. The Labute approximate surface area is 104 Å². The summed E-state index contributed by atoms with van der Waals surface area (Å²) in [6.45, 7) is 0.625. The molecule has 0 saturated carbocycles. The third-order valence-corrected chi connectivity index (χ3v) is 3.08. The van der Waals surface area contributed by atoms with E-state index in [-0.39, 0.29) is 0 Å². The zero-order valence-electron chi connectivity index (χ0n) is 9.64. The lowest BCUT2D eigenvalue weighted by atomic mass is 9.99. The van der Waals surface area contributed by atoms with Crippen LogP contribution < -0.4 is 4.74 Å². The Morgan fingerprint density at radius 2 is 2.22 bits per heavy atom. The molecule has 0 aliphatic carbocycles. The highest BCUT2D eigenvalue weighted by Crippen LogP contribution is 2.35. The topological polar surface area (TPSA) is 42.4 Å². The van der Waals surface area contributed by atoms with Crippen LogP contribution in [0, 0.1) is 5.82 Å². The summed E-state index contributed by atoms with van der Waals surface area (Å²) in [4.78, 5) is 3.75. The minimum absolute atomic E-state index is 0.430. The highest BCUT2D eigenvalue weighted by molar-refractivity contribution is 5.47. The van der Waals surface area contributed by atoms with Gasteiger partial charge in [0.2, 0.25) is 0 Å². The Morgan fingerprint density at radius 1 is 1.33 bits per heavy atom. The van der Waals surface area contributed by atoms with E-state index in [0.29, 0.717) is 23.5 Å². The van der Waals surface area contributed by atoms with Gasteiger partial charge >= 0.3 is 0 Å². The number of ether oxygens (including phenoxy) is 1. The maximum atomic E-state index is 13.1. The third-order valence-electron chi connectivity index (χ3n) is 3.08. The summed E-state index contributed by atoms with van der Waals surface area (Å²) in [5.74, 6) is 0.259. The normalized spacial score (nSPS) is 15.0. The lowest BCUT2D eigenvalue weighted by Gasteiger charge is -2.14. The number of hydrogen-bond donors (Lipinski definition) is 1. The molecule has 1 aromatic carbocycles. The molecule has 0 amide bonds. The van der Waals surface area contributed by atoms with Gasteiger partial charge in [-0.2, -0.15) is 0 Å². The lowest BCUT2D eigenvalue weighted by molar-refractivity contribution is 0.213. The van der Waals surface area contributed by atoms with Crippen molar-refractivity contribution in [2.24, 2.45) is 0 Å². The predicted octanol–water partition coefficient (Wildman–Crippen LogP) is 2.24. The van der Waals surface area contributed by atoms with Gasteiger partial charge in [0.05, 0.1) is 12.8 Å². The number of benzene rings is 1. The molecule has 3 nitrogen and oxygen atoms in total. The van der Waals surface area contributed by atoms with Crippen molar-refractivity contribution in [2.45, 2.75) is 12.5 Å². The van der Waals surface area contributed by atoms with Crippen molar-refractivity contribution in [1.29, 1.82) is 0 Å². The van der Waals surface area contributed by atoms with E-state index in [9.17, 15) is 9.50 Å². The van der Waals surface area contributed by atoms with Gasteiger partial charge in [-0.25, -0.2) is 4.39 Å². The number of aromatic nitrogens is 1. The number of hydrogen-bond acceptors (Lipinski definition) is 3. The first kappa shape index (κ1) is 11.2. The molecule has 0 bridgehead atoms. The standard InChI is InChI=1S/C14H12FNO2/c15-11-6-10(7-16-8-11)13(17)12-3-1-2-9-4-5-18-14(9)12/h1-3,6-8,13,17H,4-5H2. The van der Waals surface area contributed by atoms with Crippen LogP contribution in [-0.2, 0) is 6.42 Å². The first-order chi connectivity index (χ1) is 8.75. The van der Waals surface area contributed by atoms with Crippen LogP contribution in [0.4, 0.5) is 4.39 Å². The monoisotopic (exact) mass is 245 g/mol. The number of nitrogens with zero attached hydrogens (tertiary/aromatic N) is 1. The van der Waals surface area contributed by atoms with Crippen LogP contribution in [0.5, 0.6) is 5.75 Å². The molecule has 1 unspecified atom stereocenters. The summed E-state index contributed by atoms with van der Waals surface area (Å²) < 4.78 is 18.6. The van der Waals surface area contributed by atoms with Crippen LogP contribution >= 0.6 is 0 Å². The van der Waals surface area contributed by atoms with Crippen LogP contribution in [0.15, 0.2) is 36.7 Å². The highest BCUT2D eigenvalue weighted by atomic mass is 19.1. The Hall–Kier alpha value is -1.94. The van der Waals surface area contributed by atoms with E-state index in [4.69, 9.17) is 4.74 Å². The molecule has 2 heterocycles. The zero-order chi connectivity index (χ0) is 12.5. The average Bonchev–Trinajstić information content (AvgIpc) is 2.86. The first-order valence-corrected chi connectivity index (χ1v) is 5.79. The Morgan fingerprint density at radius 3 is 3.06 bits per heavy atom. The van der Waals surface area contributed by atoms with Crippen molar-refractivity contribution in [3.05, 3.63) is 59.2 Å². The molecule has 4 heteroatoms. The summed E-state index contributed by atoms with van der Waals surface area (Å²) in [7, 11) is 0. The largest absolute Gasteiger partial charge is 0.493 e. The second kappa shape index (κ2) is 4.38. The fraction of sp³-hybridized carbons (Fsp3) is 0.214. The van der Waals surface area contributed by atoms with Crippen LogP contribution in [0.3, 0.4) is 0 Å². The number of fused-ring (bicyclic) bond motifs is 1. The number of para-hydroxylation sites is 1. The maximum absolute atomic E-state index is 13.1. The van der Waals surface area contributed by atoms with Crippen LogP contribution in [0.2, 0.25) is 0 Å². The number of halogens is 1. The van der Waals surface area contributed by atoms with E-state index in [2.05, 4.69) is 4.98 Å². The molecule has 18 heavy (non-hydrogen) atoms. The van der Waals surface area contributed by atoms with Gasteiger partial charge in [0.1, 0.15) is 17.7 Å². The summed E-state index contributed by atoms with van der Waals surface area (Å²) in [6, 6.07) is 6.92. The minimum Gasteiger partial charge on any atom is -0.493 e. The molecule has 2 aromatic rings. The van der Waals surface area contributed by atoms with Gasteiger partial charge in [-0.3, -0.25) is 4.98 Å². The second-order valence-corrected chi connectivity index (χ2v) is 4.27. The van der Waals surface area contributed by atoms with E-state index in [0.717, 1.165) is 18.2 Å². The van der Waals surface area contributed by atoms with Crippen molar-refractivity contribution in [3.8, 4) is 5.75 Å². The molecule has 1 N–H and O–H groups in total. The second-order valence-electron chi connectivity index (χ2n) is 4.27. The van der Waals surface area contributed by atoms with E-state index < -0.39 is 11.9 Å². The summed E-state index contributed by atoms with van der Waals surface area (Å²) in [5, 5.41) is 10.3. The molecule has 3 rings (SSSR count). The van der Waals surface area contributed by atoms with E-state index in [1.807, 2.05) is 12.1 Å². The SMILES string of the molecule is OC(c1cncc(F)c1)c1cccc2c1OCC2. The van der Waals surface area contributed by atoms with Crippen LogP contribution in [0.25, 0.3) is 0 Å². The molecule has 92 valence electrons. The van der Waals surface area contributed by atoms with Crippen molar-refractivity contribution < 1.29 is 14.2 Å². The summed E-state index contributed by atoms with van der Waals surface area (Å²) in [5.41, 5.74) is 2.17. The molecular weight excluding hydrogens is 233 g/mol. The van der Waals surface area contributed by atoms with Gasteiger partial charge in [0.25, 0.3) is 0 Å². The smallest absolute Gasteiger partial charge is 0.141 e. The lowest BCUT2D eigenvalue weighted by Crippen LogP contribution is -2.03. The Kier molecular flexibility index (Phi) is 2.72. The zero-order valence-corrected chi connectivity index (χ0v) is 9.64. The van der Waals surface area contributed by atoms with Gasteiger partial charge < -0.3 is 9.84 Å². The molecule has 1 atom stereocenters. The van der Waals surface area contributed by atoms with E-state index >= 15 is 0 Å². The van der Waals surface area contributed by atoms with Gasteiger partial charge in [0, 0.05) is 23.7 Å². The van der Waals surface area contributed by atoms with Crippen molar-refractivity contribution >= 4 is 0 Å². The molecule has 1 aromatic heterocycles. The van der Waals surface area contributed by atoms with E-state index in [1.54, 1.807) is 6.07 Å². The average molecular weight is 245 g/mol. The Balaban J connectivity index is 2.03. The molecule has 0 fully saturated rings. The van der Waals surface area contributed by atoms with Gasteiger partial charge in [-0.05, 0) is 11.6 Å². The number of pyridine rings is 1. The Bertz CT molecular complexity index is 586. The summed E-state index contributed by atoms with van der Waals surface area (Å²) in [6.07, 6.45) is 2.50. The van der Waals surface area contributed by atoms with Crippen LogP contribution in [-0.4, -0.2) is 16.7 Å². The first-order valence-electron chi connectivity index (χ1n) is 5.79. The van der Waals surface area contributed by atoms with Crippen molar-refractivity contribution in [2.75, 3.05) is 6.61 Å². The fourth-order valence-corrected chi connectivity index (χ4v) is 2.21. The molecule has 0 saturated heterocycles. The van der Waals surface area contributed by atoms with Crippen LogP contribution in [0.1, 0.15) is 22.8 Å². The highest BCUT2D eigenvalue weighted by Gasteiger charge is 2.22. The minimum atomic E-state index is -0.916. The van der Waals surface area contributed by atoms with Gasteiger partial charge in [-0.1, -0.05) is 18.2 Å².